The minimum atomic E-state index is 0.504. The van der Waals surface area contributed by atoms with Crippen molar-refractivity contribution in [2.45, 2.75) is 25.2 Å². The lowest BCUT2D eigenvalue weighted by Gasteiger charge is -2.20. The quantitative estimate of drug-likeness (QED) is 0.723. The summed E-state index contributed by atoms with van der Waals surface area (Å²) in [5.41, 5.74) is 0. The van der Waals surface area contributed by atoms with Crippen LogP contribution in [0, 0.1) is 0 Å². The van der Waals surface area contributed by atoms with Gasteiger partial charge in [-0.05, 0) is 12.8 Å². The Morgan fingerprint density at radius 3 is 3.07 bits per heavy atom. The lowest BCUT2D eigenvalue weighted by atomic mass is 9.85. The van der Waals surface area contributed by atoms with E-state index in [9.17, 15) is 0 Å². The predicted octanol–water partition coefficient (Wildman–Crippen LogP) is 1.40. The lowest BCUT2D eigenvalue weighted by Crippen LogP contribution is -2.11. The number of hydrogen-bond acceptors (Lipinski definition) is 5. The molecule has 1 aromatic rings. The van der Waals surface area contributed by atoms with Crippen LogP contribution in [0.3, 0.4) is 0 Å². The molecule has 1 aliphatic rings. The second-order valence-corrected chi connectivity index (χ2v) is 3.51. The molecule has 2 rings (SSSR count). The number of nitrogens with one attached hydrogen (secondary N) is 1. The van der Waals surface area contributed by atoms with E-state index in [0.717, 1.165) is 5.82 Å². The molecule has 1 aliphatic carbocycles. The molecule has 1 heterocycles. The van der Waals surface area contributed by atoms with Crippen molar-refractivity contribution in [2.75, 3.05) is 25.6 Å². The molecular weight excluding hydrogens is 182 g/mol. The normalized spacial score (nSPS) is 16.6. The molecule has 5 nitrogen and oxygen atoms in total. The average Bonchev–Trinajstić information content (AvgIpc) is 2.51. The highest BCUT2D eigenvalue weighted by molar-refractivity contribution is 5.19. The molecule has 0 unspecified atom stereocenters. The molecule has 14 heavy (non-hydrogen) atoms. The molecule has 0 aliphatic heterocycles. The topological polar surface area (TPSA) is 60.2 Å². The SMILES string of the molecule is COCCNc1nc(C2CCC2)no1. The van der Waals surface area contributed by atoms with Crippen molar-refractivity contribution < 1.29 is 9.26 Å². The van der Waals surface area contributed by atoms with E-state index >= 15 is 0 Å². The molecule has 0 bridgehead atoms. The molecule has 5 heteroatoms. The zero-order chi connectivity index (χ0) is 9.80. The van der Waals surface area contributed by atoms with Gasteiger partial charge in [0.1, 0.15) is 0 Å². The molecule has 1 saturated carbocycles. The second kappa shape index (κ2) is 4.41. The third-order valence-electron chi connectivity index (χ3n) is 2.49. The summed E-state index contributed by atoms with van der Waals surface area (Å²) in [6, 6.07) is 0.504. The maximum atomic E-state index is 5.04. The Morgan fingerprint density at radius 1 is 1.57 bits per heavy atom. The van der Waals surface area contributed by atoms with E-state index < -0.39 is 0 Å². The number of rotatable bonds is 5. The van der Waals surface area contributed by atoms with Crippen LogP contribution in [0.1, 0.15) is 31.0 Å². The summed E-state index contributed by atoms with van der Waals surface area (Å²) in [5, 5.41) is 6.93. The number of methoxy groups -OCH3 is 1. The van der Waals surface area contributed by atoms with Crippen LogP contribution in [0.5, 0.6) is 0 Å². The Hall–Kier alpha value is -1.10. The standard InChI is InChI=1S/C9H15N3O2/c1-13-6-5-10-9-11-8(12-14-9)7-3-2-4-7/h7H,2-6H2,1H3,(H,10,11,12). The molecule has 78 valence electrons. The van der Waals surface area contributed by atoms with Crippen LogP contribution in [0.4, 0.5) is 6.01 Å². The Balaban J connectivity index is 1.83. The maximum absolute atomic E-state index is 5.04. The third kappa shape index (κ3) is 2.04. The van der Waals surface area contributed by atoms with E-state index in [2.05, 4.69) is 15.5 Å². The molecule has 0 saturated heterocycles. The highest BCUT2D eigenvalue weighted by Gasteiger charge is 2.24. The van der Waals surface area contributed by atoms with E-state index in [1.54, 1.807) is 7.11 Å². The Morgan fingerprint density at radius 2 is 2.43 bits per heavy atom. The predicted molar refractivity (Wildman–Crippen MR) is 51.3 cm³/mol. The number of nitrogens with zero attached hydrogens (tertiary/aromatic N) is 2. The summed E-state index contributed by atoms with van der Waals surface area (Å²) in [7, 11) is 1.66. The number of anilines is 1. The molecule has 0 aromatic carbocycles. The van der Waals surface area contributed by atoms with Crippen molar-refractivity contribution in [3.05, 3.63) is 5.82 Å². The molecule has 1 fully saturated rings. The fraction of sp³-hybridized carbons (Fsp3) is 0.778. The second-order valence-electron chi connectivity index (χ2n) is 3.51. The molecule has 0 amide bonds. The van der Waals surface area contributed by atoms with Gasteiger partial charge in [-0.2, -0.15) is 4.98 Å². The van der Waals surface area contributed by atoms with Crippen molar-refractivity contribution >= 4 is 6.01 Å². The van der Waals surface area contributed by atoms with Crippen molar-refractivity contribution in [1.29, 1.82) is 0 Å². The van der Waals surface area contributed by atoms with Crippen LogP contribution in [0.2, 0.25) is 0 Å². The number of hydrogen-bond donors (Lipinski definition) is 1. The fourth-order valence-electron chi connectivity index (χ4n) is 1.40. The van der Waals surface area contributed by atoms with Crippen LogP contribution in [0.25, 0.3) is 0 Å². The van der Waals surface area contributed by atoms with E-state index in [0.29, 0.717) is 25.1 Å². The minimum Gasteiger partial charge on any atom is -0.383 e. The first-order valence-corrected chi connectivity index (χ1v) is 4.96. The first-order valence-electron chi connectivity index (χ1n) is 4.96. The van der Waals surface area contributed by atoms with Crippen molar-refractivity contribution in [3.63, 3.8) is 0 Å². The first-order chi connectivity index (χ1) is 6.90. The number of aromatic nitrogens is 2. The van der Waals surface area contributed by atoms with Crippen LogP contribution < -0.4 is 5.32 Å². The average molecular weight is 197 g/mol. The molecule has 1 N–H and O–H groups in total. The zero-order valence-electron chi connectivity index (χ0n) is 8.32. The van der Waals surface area contributed by atoms with Gasteiger partial charge < -0.3 is 14.6 Å². The van der Waals surface area contributed by atoms with Crippen LogP contribution in [-0.2, 0) is 4.74 Å². The van der Waals surface area contributed by atoms with Gasteiger partial charge in [0.05, 0.1) is 6.61 Å². The van der Waals surface area contributed by atoms with Gasteiger partial charge >= 0.3 is 6.01 Å². The van der Waals surface area contributed by atoms with Gasteiger partial charge in [-0.1, -0.05) is 11.6 Å². The Labute approximate surface area is 82.8 Å². The van der Waals surface area contributed by atoms with Gasteiger partial charge in [-0.3, -0.25) is 0 Å². The Bertz CT molecular complexity index is 283. The van der Waals surface area contributed by atoms with Crippen molar-refractivity contribution in [3.8, 4) is 0 Å². The zero-order valence-corrected chi connectivity index (χ0v) is 8.32. The molecule has 0 radical (unpaired) electrons. The van der Waals surface area contributed by atoms with Gasteiger partial charge in [0, 0.05) is 19.6 Å². The third-order valence-corrected chi connectivity index (χ3v) is 2.49. The van der Waals surface area contributed by atoms with E-state index in [1.165, 1.54) is 19.3 Å². The summed E-state index contributed by atoms with van der Waals surface area (Å²) in [4.78, 5) is 4.26. The minimum absolute atomic E-state index is 0.504. The Kier molecular flexibility index (Phi) is 2.98. The molecule has 0 atom stereocenters. The summed E-state index contributed by atoms with van der Waals surface area (Å²) >= 11 is 0. The monoisotopic (exact) mass is 197 g/mol. The highest BCUT2D eigenvalue weighted by atomic mass is 16.5. The van der Waals surface area contributed by atoms with E-state index in [-0.39, 0.29) is 0 Å². The summed E-state index contributed by atoms with van der Waals surface area (Å²) in [6.45, 7) is 1.34. The van der Waals surface area contributed by atoms with E-state index in [4.69, 9.17) is 9.26 Å². The molecule has 0 spiro atoms. The van der Waals surface area contributed by atoms with Crippen molar-refractivity contribution in [1.82, 2.24) is 10.1 Å². The lowest BCUT2D eigenvalue weighted by molar-refractivity contribution is 0.210. The summed E-state index contributed by atoms with van der Waals surface area (Å²) in [5.74, 6) is 1.37. The summed E-state index contributed by atoms with van der Waals surface area (Å²) in [6.07, 6.45) is 3.67. The largest absolute Gasteiger partial charge is 0.383 e. The maximum Gasteiger partial charge on any atom is 0.321 e. The van der Waals surface area contributed by atoms with Crippen LogP contribution >= 0.6 is 0 Å². The van der Waals surface area contributed by atoms with Gasteiger partial charge in [-0.25, -0.2) is 0 Å². The molecular formula is C9H15N3O2. The van der Waals surface area contributed by atoms with Gasteiger partial charge in [0.15, 0.2) is 5.82 Å². The first kappa shape index (κ1) is 9.45. The van der Waals surface area contributed by atoms with E-state index in [1.807, 2.05) is 0 Å². The van der Waals surface area contributed by atoms with Gasteiger partial charge in [0.25, 0.3) is 0 Å². The smallest absolute Gasteiger partial charge is 0.321 e. The van der Waals surface area contributed by atoms with Crippen molar-refractivity contribution in [2.24, 2.45) is 0 Å². The van der Waals surface area contributed by atoms with Gasteiger partial charge in [-0.15, -0.1) is 0 Å². The molecule has 1 aromatic heterocycles. The summed E-state index contributed by atoms with van der Waals surface area (Å²) < 4.78 is 9.94. The van der Waals surface area contributed by atoms with Gasteiger partial charge in [0.2, 0.25) is 0 Å². The highest BCUT2D eigenvalue weighted by Crippen LogP contribution is 2.34. The fourth-order valence-corrected chi connectivity index (χ4v) is 1.40. The van der Waals surface area contributed by atoms with Crippen LogP contribution in [0.15, 0.2) is 4.52 Å². The van der Waals surface area contributed by atoms with Crippen LogP contribution in [-0.4, -0.2) is 30.4 Å². The number of ether oxygens (including phenoxy) is 1.